The van der Waals surface area contributed by atoms with Gasteiger partial charge < -0.3 is 14.9 Å². The number of benzene rings is 1. The van der Waals surface area contributed by atoms with Crippen molar-refractivity contribution in [3.63, 3.8) is 0 Å². The highest BCUT2D eigenvalue weighted by molar-refractivity contribution is 5.88. The Morgan fingerprint density at radius 2 is 1.86 bits per heavy atom. The van der Waals surface area contributed by atoms with Gasteiger partial charge in [0, 0.05) is 18.0 Å². The van der Waals surface area contributed by atoms with E-state index in [-0.39, 0.29) is 18.1 Å². The maximum atomic E-state index is 11.8. The Morgan fingerprint density at radius 3 is 2.41 bits per heavy atom. The number of aliphatic hydroxyl groups is 1. The lowest BCUT2D eigenvalue weighted by Crippen LogP contribution is -2.28. The van der Waals surface area contributed by atoms with Gasteiger partial charge in [-0.2, -0.15) is 0 Å². The fourth-order valence-electron chi connectivity index (χ4n) is 1.79. The van der Waals surface area contributed by atoms with E-state index in [0.717, 1.165) is 11.1 Å². The molecule has 0 saturated heterocycles. The Hall–Kier alpha value is -2.34. The number of nitrogens with zero attached hydrogens (tertiary/aromatic N) is 1. The molecule has 6 heteroatoms. The van der Waals surface area contributed by atoms with Crippen LogP contribution in [0.25, 0.3) is 0 Å². The molecule has 0 radical (unpaired) electrons. The molecular weight excluding hydrogens is 282 g/mol. The van der Waals surface area contributed by atoms with Gasteiger partial charge in [-0.05, 0) is 11.1 Å². The van der Waals surface area contributed by atoms with Gasteiger partial charge in [0.2, 0.25) is 0 Å². The topological polar surface area (TPSA) is 87.4 Å². The monoisotopic (exact) mass is 303 g/mol. The molecule has 22 heavy (non-hydrogen) atoms. The van der Waals surface area contributed by atoms with Gasteiger partial charge in [0.1, 0.15) is 5.76 Å². The van der Waals surface area contributed by atoms with Crippen LogP contribution in [0.15, 0.2) is 34.9 Å². The summed E-state index contributed by atoms with van der Waals surface area (Å²) in [6.07, 6.45) is 0. The van der Waals surface area contributed by atoms with E-state index >= 15 is 0 Å². The molecule has 0 aliphatic heterocycles. The van der Waals surface area contributed by atoms with Crippen LogP contribution in [-0.2, 0) is 18.6 Å². The van der Waals surface area contributed by atoms with Crippen LogP contribution in [0.2, 0.25) is 0 Å². The van der Waals surface area contributed by atoms with Crippen LogP contribution in [0.5, 0.6) is 0 Å². The molecule has 2 rings (SSSR count). The van der Waals surface area contributed by atoms with Gasteiger partial charge >= 0.3 is 6.03 Å². The van der Waals surface area contributed by atoms with E-state index in [1.165, 1.54) is 0 Å². The number of amides is 2. The van der Waals surface area contributed by atoms with Gasteiger partial charge in [-0.3, -0.25) is 5.32 Å². The first kappa shape index (κ1) is 16.0. The molecule has 6 nitrogen and oxygen atoms in total. The van der Waals surface area contributed by atoms with Gasteiger partial charge in [0.15, 0.2) is 5.82 Å². The third kappa shape index (κ3) is 4.33. The Morgan fingerprint density at radius 1 is 1.23 bits per heavy atom. The summed E-state index contributed by atoms with van der Waals surface area (Å²) in [7, 11) is 0. The molecule has 0 bridgehead atoms. The van der Waals surface area contributed by atoms with Crippen molar-refractivity contribution >= 4 is 11.8 Å². The van der Waals surface area contributed by atoms with Crippen LogP contribution in [0.3, 0.4) is 0 Å². The summed E-state index contributed by atoms with van der Waals surface area (Å²) in [4.78, 5) is 11.8. The first-order chi connectivity index (χ1) is 10.4. The Bertz CT molecular complexity index is 627. The smallest absolute Gasteiger partial charge is 0.320 e. The molecule has 0 aliphatic carbocycles. The van der Waals surface area contributed by atoms with Crippen molar-refractivity contribution in [2.45, 2.75) is 39.3 Å². The van der Waals surface area contributed by atoms with Crippen LogP contribution in [0.1, 0.15) is 37.7 Å². The van der Waals surface area contributed by atoms with E-state index in [4.69, 9.17) is 9.63 Å². The fourth-order valence-corrected chi connectivity index (χ4v) is 1.79. The molecule has 2 aromatic rings. The summed E-state index contributed by atoms with van der Waals surface area (Å²) in [5.74, 6) is 1.10. The number of carbonyl (C=O) groups excluding carboxylic acids is 1. The zero-order valence-corrected chi connectivity index (χ0v) is 13.0. The van der Waals surface area contributed by atoms with Crippen LogP contribution < -0.4 is 10.6 Å². The zero-order chi connectivity index (χ0) is 16.2. The van der Waals surface area contributed by atoms with E-state index in [1.807, 2.05) is 45.0 Å². The van der Waals surface area contributed by atoms with Gasteiger partial charge in [-0.1, -0.05) is 50.2 Å². The summed E-state index contributed by atoms with van der Waals surface area (Å²) in [6.45, 7) is 6.42. The third-order valence-electron chi connectivity index (χ3n) is 3.15. The zero-order valence-electron chi connectivity index (χ0n) is 13.0. The predicted molar refractivity (Wildman–Crippen MR) is 83.4 cm³/mol. The number of aromatic nitrogens is 1. The van der Waals surface area contributed by atoms with Gasteiger partial charge in [-0.25, -0.2) is 4.79 Å². The summed E-state index contributed by atoms with van der Waals surface area (Å²) in [6, 6.07) is 8.74. The largest absolute Gasteiger partial charge is 0.392 e. The SMILES string of the molecule is CC(C)(C)c1cc(NC(=O)NCc2ccc(CO)cc2)no1. The summed E-state index contributed by atoms with van der Waals surface area (Å²) >= 11 is 0. The number of nitrogens with one attached hydrogen (secondary N) is 2. The van der Waals surface area contributed by atoms with Crippen molar-refractivity contribution < 1.29 is 14.4 Å². The van der Waals surface area contributed by atoms with Crippen molar-refractivity contribution in [3.05, 3.63) is 47.2 Å². The second-order valence-electron chi connectivity index (χ2n) is 6.11. The maximum absolute atomic E-state index is 11.8. The minimum absolute atomic E-state index is 0.0104. The molecule has 1 aromatic carbocycles. The number of rotatable bonds is 4. The fraction of sp³-hybridized carbons (Fsp3) is 0.375. The summed E-state index contributed by atoms with van der Waals surface area (Å²) < 4.78 is 5.20. The number of urea groups is 1. The van der Waals surface area contributed by atoms with E-state index in [0.29, 0.717) is 18.1 Å². The normalized spacial score (nSPS) is 11.3. The quantitative estimate of drug-likeness (QED) is 0.810. The Balaban J connectivity index is 1.86. The molecule has 0 atom stereocenters. The molecular formula is C16H21N3O3. The molecule has 2 amide bonds. The van der Waals surface area contributed by atoms with Crippen LogP contribution in [-0.4, -0.2) is 16.3 Å². The Labute approximate surface area is 129 Å². The average molecular weight is 303 g/mol. The van der Waals surface area contributed by atoms with E-state index in [1.54, 1.807) is 6.07 Å². The van der Waals surface area contributed by atoms with Crippen LogP contribution >= 0.6 is 0 Å². The maximum Gasteiger partial charge on any atom is 0.320 e. The first-order valence-electron chi connectivity index (χ1n) is 7.09. The van der Waals surface area contributed by atoms with E-state index < -0.39 is 0 Å². The predicted octanol–water partition coefficient (Wildman–Crippen LogP) is 2.79. The molecule has 0 spiro atoms. The molecule has 0 unspecified atom stereocenters. The van der Waals surface area contributed by atoms with Crippen molar-refractivity contribution in [2.24, 2.45) is 0 Å². The highest BCUT2D eigenvalue weighted by Crippen LogP contribution is 2.24. The lowest BCUT2D eigenvalue weighted by atomic mass is 9.93. The number of hydrogen-bond donors (Lipinski definition) is 3. The lowest BCUT2D eigenvalue weighted by Gasteiger charge is -2.12. The third-order valence-corrected chi connectivity index (χ3v) is 3.15. The van der Waals surface area contributed by atoms with Crippen molar-refractivity contribution in [3.8, 4) is 0 Å². The standard InChI is InChI=1S/C16H21N3O3/c1-16(2,3)13-8-14(19-22-13)18-15(21)17-9-11-4-6-12(10-20)7-5-11/h4-8,20H,9-10H2,1-3H3,(H2,17,18,19,21). The number of carbonyl (C=O) groups is 1. The Kier molecular flexibility index (Phi) is 4.82. The molecule has 0 fully saturated rings. The molecule has 0 aliphatic rings. The molecule has 1 aromatic heterocycles. The van der Waals surface area contributed by atoms with Crippen LogP contribution in [0, 0.1) is 0 Å². The van der Waals surface area contributed by atoms with Crippen molar-refractivity contribution in [2.75, 3.05) is 5.32 Å². The van der Waals surface area contributed by atoms with Crippen LogP contribution in [0.4, 0.5) is 10.6 Å². The average Bonchev–Trinajstić information content (AvgIpc) is 2.94. The number of hydrogen-bond acceptors (Lipinski definition) is 4. The minimum atomic E-state index is -0.347. The molecule has 3 N–H and O–H groups in total. The van der Waals surface area contributed by atoms with Gasteiger partial charge in [0.25, 0.3) is 0 Å². The summed E-state index contributed by atoms with van der Waals surface area (Å²) in [5, 5.41) is 18.2. The van der Waals surface area contributed by atoms with E-state index in [2.05, 4.69) is 15.8 Å². The summed E-state index contributed by atoms with van der Waals surface area (Å²) in [5.41, 5.74) is 1.63. The van der Waals surface area contributed by atoms with Crippen molar-refractivity contribution in [1.82, 2.24) is 10.5 Å². The second kappa shape index (κ2) is 6.62. The number of aliphatic hydroxyl groups excluding tert-OH is 1. The van der Waals surface area contributed by atoms with E-state index in [9.17, 15) is 4.79 Å². The minimum Gasteiger partial charge on any atom is -0.392 e. The number of anilines is 1. The van der Waals surface area contributed by atoms with Gasteiger partial charge in [0.05, 0.1) is 6.61 Å². The molecule has 118 valence electrons. The van der Waals surface area contributed by atoms with Gasteiger partial charge in [-0.15, -0.1) is 0 Å². The second-order valence-corrected chi connectivity index (χ2v) is 6.11. The highest BCUT2D eigenvalue weighted by Gasteiger charge is 2.20. The molecule has 0 saturated carbocycles. The first-order valence-corrected chi connectivity index (χ1v) is 7.09. The lowest BCUT2D eigenvalue weighted by molar-refractivity contribution is 0.251. The van der Waals surface area contributed by atoms with Crippen molar-refractivity contribution in [1.29, 1.82) is 0 Å². The highest BCUT2D eigenvalue weighted by atomic mass is 16.5. The molecule has 1 heterocycles.